The number of nitro benzene ring substituents is 1. The predicted molar refractivity (Wildman–Crippen MR) is 114 cm³/mol. The van der Waals surface area contributed by atoms with Crippen molar-refractivity contribution >= 4 is 45.2 Å². The summed E-state index contributed by atoms with van der Waals surface area (Å²) in [6.07, 6.45) is -2.94. The van der Waals surface area contributed by atoms with Crippen LogP contribution < -0.4 is 5.32 Å². The average Bonchev–Trinajstić information content (AvgIpc) is 3.28. The third-order valence-corrected chi connectivity index (χ3v) is 6.14. The third-order valence-electron chi connectivity index (χ3n) is 4.66. The molecule has 1 amide bonds. The van der Waals surface area contributed by atoms with Crippen LogP contribution >= 0.6 is 22.9 Å². The van der Waals surface area contributed by atoms with E-state index in [4.69, 9.17) is 11.6 Å². The van der Waals surface area contributed by atoms with Crippen LogP contribution in [0.25, 0.3) is 16.2 Å². The van der Waals surface area contributed by atoms with Crippen molar-refractivity contribution in [3.8, 4) is 11.3 Å². The average molecular weight is 481 g/mol. The molecule has 4 rings (SSSR count). The van der Waals surface area contributed by atoms with Gasteiger partial charge in [-0.15, -0.1) is 0 Å². The first-order valence-electron chi connectivity index (χ1n) is 8.96. The van der Waals surface area contributed by atoms with Gasteiger partial charge in [-0.1, -0.05) is 35.1 Å². The van der Waals surface area contributed by atoms with Gasteiger partial charge in [-0.3, -0.25) is 19.3 Å². The summed E-state index contributed by atoms with van der Waals surface area (Å²) >= 11 is 6.99. The summed E-state index contributed by atoms with van der Waals surface area (Å²) in [5, 5.41) is 13.4. The van der Waals surface area contributed by atoms with E-state index in [1.54, 1.807) is 29.7 Å². The number of nitrogens with one attached hydrogen (secondary N) is 1. The summed E-state index contributed by atoms with van der Waals surface area (Å²) in [4.78, 5) is 28.3. The summed E-state index contributed by atoms with van der Waals surface area (Å²) in [7, 11) is 0. The molecule has 0 spiro atoms. The topological polar surface area (TPSA) is 89.5 Å². The lowest BCUT2D eigenvalue weighted by atomic mass is 10.1. The quantitative estimate of drug-likeness (QED) is 0.278. The normalized spacial score (nSPS) is 11.7. The Morgan fingerprint density at radius 3 is 2.66 bits per heavy atom. The van der Waals surface area contributed by atoms with Crippen LogP contribution in [0.2, 0.25) is 5.02 Å². The van der Waals surface area contributed by atoms with Gasteiger partial charge in [0.15, 0.2) is 4.96 Å². The molecule has 2 aromatic carbocycles. The Bertz CT molecular complexity index is 1380. The van der Waals surface area contributed by atoms with E-state index in [-0.39, 0.29) is 21.3 Å². The molecule has 1 N–H and O–H groups in total. The number of imidazole rings is 1. The van der Waals surface area contributed by atoms with E-state index in [2.05, 4.69) is 10.3 Å². The number of hydrogen-bond donors (Lipinski definition) is 1. The highest BCUT2D eigenvalue weighted by Gasteiger charge is 2.31. The van der Waals surface area contributed by atoms with E-state index >= 15 is 0 Å². The van der Waals surface area contributed by atoms with E-state index in [0.29, 0.717) is 21.9 Å². The molecule has 0 saturated heterocycles. The number of thiazole rings is 1. The molecule has 2 aromatic heterocycles. The molecule has 12 heteroatoms. The number of carbonyl (C=O) groups is 1. The molecule has 0 atom stereocenters. The Balaban J connectivity index is 1.64. The van der Waals surface area contributed by atoms with Crippen LogP contribution in [0.3, 0.4) is 0 Å². The summed E-state index contributed by atoms with van der Waals surface area (Å²) in [5.41, 5.74) is 0.362. The summed E-state index contributed by atoms with van der Waals surface area (Å²) in [6.45, 7) is 1.66. The van der Waals surface area contributed by atoms with Crippen LogP contribution in [0.4, 0.5) is 24.5 Å². The minimum atomic E-state index is -4.58. The molecule has 0 fully saturated rings. The van der Waals surface area contributed by atoms with Crippen LogP contribution in [0.15, 0.2) is 48.7 Å². The van der Waals surface area contributed by atoms with Crippen molar-refractivity contribution in [2.75, 3.05) is 5.32 Å². The molecule has 164 valence electrons. The number of amides is 1. The van der Waals surface area contributed by atoms with E-state index < -0.39 is 22.6 Å². The van der Waals surface area contributed by atoms with Crippen molar-refractivity contribution in [1.82, 2.24) is 9.38 Å². The van der Waals surface area contributed by atoms with Gasteiger partial charge in [0.05, 0.1) is 26.9 Å². The number of benzene rings is 2. The highest BCUT2D eigenvalue weighted by Crippen LogP contribution is 2.35. The fourth-order valence-corrected chi connectivity index (χ4v) is 4.22. The number of anilines is 1. The van der Waals surface area contributed by atoms with E-state index in [9.17, 15) is 28.1 Å². The maximum atomic E-state index is 13.0. The first-order chi connectivity index (χ1) is 15.0. The van der Waals surface area contributed by atoms with Gasteiger partial charge in [0, 0.05) is 29.6 Å². The van der Waals surface area contributed by atoms with Crippen LogP contribution in [-0.4, -0.2) is 20.2 Å². The molecule has 0 saturated carbocycles. The monoisotopic (exact) mass is 480 g/mol. The third kappa shape index (κ3) is 4.04. The molecule has 0 aliphatic rings. The Morgan fingerprint density at radius 1 is 1.25 bits per heavy atom. The SMILES string of the molecule is Cc1c(C(=O)Nc2cc(C(F)(F)F)ccc2Cl)sc2nc(-c3cccc([N+](=O)[O-])c3)cn12. The zero-order chi connectivity index (χ0) is 23.2. The summed E-state index contributed by atoms with van der Waals surface area (Å²) in [6, 6.07) is 8.66. The molecule has 0 radical (unpaired) electrons. The second kappa shape index (κ2) is 7.92. The first kappa shape index (κ1) is 21.8. The molecule has 7 nitrogen and oxygen atoms in total. The number of carbonyl (C=O) groups excluding carboxylic acids is 1. The van der Waals surface area contributed by atoms with Crippen molar-refractivity contribution in [1.29, 1.82) is 0 Å². The largest absolute Gasteiger partial charge is 0.416 e. The molecule has 0 aliphatic carbocycles. The Kier molecular flexibility index (Phi) is 5.39. The van der Waals surface area contributed by atoms with Gasteiger partial charge in [0.2, 0.25) is 0 Å². The maximum Gasteiger partial charge on any atom is 0.416 e. The number of aromatic nitrogens is 2. The molecular weight excluding hydrogens is 469 g/mol. The lowest BCUT2D eigenvalue weighted by Crippen LogP contribution is -2.13. The van der Waals surface area contributed by atoms with Gasteiger partial charge in [0.1, 0.15) is 4.88 Å². The van der Waals surface area contributed by atoms with E-state index in [1.807, 2.05) is 0 Å². The van der Waals surface area contributed by atoms with Crippen molar-refractivity contribution in [2.45, 2.75) is 13.1 Å². The van der Waals surface area contributed by atoms with Gasteiger partial charge in [-0.05, 0) is 25.1 Å². The molecule has 32 heavy (non-hydrogen) atoms. The molecule has 0 aliphatic heterocycles. The van der Waals surface area contributed by atoms with Crippen LogP contribution in [0, 0.1) is 17.0 Å². The molecule has 0 unspecified atom stereocenters. The van der Waals surface area contributed by atoms with Crippen molar-refractivity contribution in [3.05, 3.63) is 79.9 Å². The maximum absolute atomic E-state index is 13.0. The van der Waals surface area contributed by atoms with Gasteiger partial charge >= 0.3 is 6.18 Å². The zero-order valence-corrected chi connectivity index (χ0v) is 17.7. The molecule has 0 bridgehead atoms. The number of rotatable bonds is 4. The standard InChI is InChI=1S/C20H12ClF3N4O3S/c1-10-17(18(29)25-15-8-12(20(22,23)24)5-6-14(15)21)32-19-26-16(9-27(10)19)11-3-2-4-13(7-11)28(30)31/h2-9H,1H3,(H,25,29). The number of nitro groups is 1. The smallest absolute Gasteiger partial charge is 0.320 e. The van der Waals surface area contributed by atoms with Gasteiger partial charge in [-0.25, -0.2) is 4.98 Å². The van der Waals surface area contributed by atoms with Crippen LogP contribution in [0.5, 0.6) is 0 Å². The predicted octanol–water partition coefficient (Wildman–Crippen LogP) is 6.20. The fraction of sp³-hybridized carbons (Fsp3) is 0.100. The lowest BCUT2D eigenvalue weighted by molar-refractivity contribution is -0.384. The van der Waals surface area contributed by atoms with E-state index in [1.165, 1.54) is 12.1 Å². The Morgan fingerprint density at radius 2 is 2.00 bits per heavy atom. The number of aryl methyl sites for hydroxylation is 1. The fourth-order valence-electron chi connectivity index (χ4n) is 3.06. The number of fused-ring (bicyclic) bond motifs is 1. The number of hydrogen-bond acceptors (Lipinski definition) is 5. The lowest BCUT2D eigenvalue weighted by Gasteiger charge is -2.11. The van der Waals surface area contributed by atoms with Crippen molar-refractivity contribution in [2.24, 2.45) is 0 Å². The van der Waals surface area contributed by atoms with Gasteiger partial charge in [0.25, 0.3) is 11.6 Å². The number of non-ortho nitro benzene ring substituents is 1. The highest BCUT2D eigenvalue weighted by atomic mass is 35.5. The Labute approximate surface area is 187 Å². The van der Waals surface area contributed by atoms with E-state index in [0.717, 1.165) is 29.5 Å². The zero-order valence-electron chi connectivity index (χ0n) is 16.1. The number of nitrogens with zero attached hydrogens (tertiary/aromatic N) is 3. The first-order valence-corrected chi connectivity index (χ1v) is 10.2. The minimum absolute atomic E-state index is 0.0294. The second-order valence-electron chi connectivity index (χ2n) is 6.75. The van der Waals surface area contributed by atoms with Crippen molar-refractivity contribution in [3.63, 3.8) is 0 Å². The number of alkyl halides is 3. The Hall–Kier alpha value is -3.44. The summed E-state index contributed by atoms with van der Waals surface area (Å²) in [5.74, 6) is -0.629. The summed E-state index contributed by atoms with van der Waals surface area (Å²) < 4.78 is 40.5. The van der Waals surface area contributed by atoms with Gasteiger partial charge < -0.3 is 5.32 Å². The highest BCUT2D eigenvalue weighted by molar-refractivity contribution is 7.19. The molecular formula is C20H12ClF3N4O3S. The van der Waals surface area contributed by atoms with Crippen LogP contribution in [0.1, 0.15) is 20.9 Å². The second-order valence-corrected chi connectivity index (χ2v) is 8.13. The van der Waals surface area contributed by atoms with Crippen molar-refractivity contribution < 1.29 is 22.9 Å². The molecule has 2 heterocycles. The van der Waals surface area contributed by atoms with Crippen LogP contribution in [-0.2, 0) is 6.18 Å². The van der Waals surface area contributed by atoms with Gasteiger partial charge in [-0.2, -0.15) is 13.2 Å². The number of halogens is 4. The minimum Gasteiger partial charge on any atom is -0.320 e. The molecule has 4 aromatic rings.